The fourth-order valence-corrected chi connectivity index (χ4v) is 1.86. The second kappa shape index (κ2) is 4.32. The molecule has 3 aromatic rings. The molecule has 8 heteroatoms. The average Bonchev–Trinajstić information content (AvgIpc) is 2.95. The summed E-state index contributed by atoms with van der Waals surface area (Å²) in [7, 11) is 0. The van der Waals surface area contributed by atoms with Crippen LogP contribution in [-0.4, -0.2) is 35.7 Å². The van der Waals surface area contributed by atoms with Gasteiger partial charge in [-0.05, 0) is 6.92 Å². The van der Waals surface area contributed by atoms with Crippen LogP contribution in [0.1, 0.15) is 5.69 Å². The quantitative estimate of drug-likeness (QED) is 0.662. The number of aromatic amines is 1. The van der Waals surface area contributed by atoms with Crippen molar-refractivity contribution in [3.63, 3.8) is 0 Å². The van der Waals surface area contributed by atoms with Gasteiger partial charge in [0.25, 0.3) is 11.3 Å². The Morgan fingerprint density at radius 1 is 1.42 bits per heavy atom. The van der Waals surface area contributed by atoms with Crippen LogP contribution < -0.4 is 11.3 Å². The van der Waals surface area contributed by atoms with Gasteiger partial charge in [-0.25, -0.2) is 9.97 Å². The van der Waals surface area contributed by atoms with Crippen molar-refractivity contribution in [3.8, 4) is 11.5 Å². The molecule has 0 fully saturated rings. The number of imidazole rings is 1. The molecule has 0 aliphatic heterocycles. The summed E-state index contributed by atoms with van der Waals surface area (Å²) in [5.74, 6) is 0.847. The summed E-state index contributed by atoms with van der Waals surface area (Å²) >= 11 is 0. The standard InChI is InChI=1S/C11H13N7O/c1-7-4-9(19)18-11(14-7)15-10(16-18)8-5-17(3-2-12)6-13-8/h4-6H,2-3,12H2,1H3,(H,14,15,16). The molecule has 0 saturated heterocycles. The van der Waals surface area contributed by atoms with E-state index in [-0.39, 0.29) is 5.56 Å². The van der Waals surface area contributed by atoms with Crippen molar-refractivity contribution in [1.82, 2.24) is 29.1 Å². The Balaban J connectivity index is 2.09. The van der Waals surface area contributed by atoms with Gasteiger partial charge in [-0.1, -0.05) is 0 Å². The second-order valence-electron chi connectivity index (χ2n) is 4.23. The Morgan fingerprint density at radius 2 is 2.26 bits per heavy atom. The molecule has 0 unspecified atom stereocenters. The highest BCUT2D eigenvalue weighted by atomic mass is 16.1. The van der Waals surface area contributed by atoms with Crippen LogP contribution in [-0.2, 0) is 6.54 Å². The summed E-state index contributed by atoms with van der Waals surface area (Å²) in [5, 5.41) is 2.89. The fraction of sp³-hybridized carbons (Fsp3) is 0.273. The van der Waals surface area contributed by atoms with Gasteiger partial charge in [0.05, 0.1) is 6.33 Å². The lowest BCUT2D eigenvalue weighted by Crippen LogP contribution is -2.14. The summed E-state index contributed by atoms with van der Waals surface area (Å²) in [6, 6.07) is 1.45. The summed E-state index contributed by atoms with van der Waals surface area (Å²) in [4.78, 5) is 24.4. The largest absolute Gasteiger partial charge is 0.335 e. The number of aromatic nitrogens is 6. The Bertz CT molecular complexity index is 782. The van der Waals surface area contributed by atoms with Crippen LogP contribution in [0.3, 0.4) is 0 Å². The first-order valence-electron chi connectivity index (χ1n) is 5.86. The van der Waals surface area contributed by atoms with E-state index < -0.39 is 0 Å². The zero-order chi connectivity index (χ0) is 13.4. The van der Waals surface area contributed by atoms with Crippen molar-refractivity contribution in [1.29, 1.82) is 0 Å². The van der Waals surface area contributed by atoms with Crippen molar-refractivity contribution < 1.29 is 0 Å². The number of rotatable bonds is 3. The van der Waals surface area contributed by atoms with Crippen LogP contribution >= 0.6 is 0 Å². The minimum absolute atomic E-state index is 0.192. The highest BCUT2D eigenvalue weighted by Gasteiger charge is 2.10. The number of nitrogens with one attached hydrogen (secondary N) is 1. The second-order valence-corrected chi connectivity index (χ2v) is 4.23. The number of hydrogen-bond acceptors (Lipinski definition) is 5. The van der Waals surface area contributed by atoms with Crippen LogP contribution in [0.15, 0.2) is 23.4 Å². The van der Waals surface area contributed by atoms with Gasteiger partial charge >= 0.3 is 0 Å². The first kappa shape index (κ1) is 11.6. The van der Waals surface area contributed by atoms with E-state index in [9.17, 15) is 4.79 Å². The fourth-order valence-electron chi connectivity index (χ4n) is 1.86. The molecule has 0 saturated carbocycles. The molecule has 3 heterocycles. The first-order valence-corrected chi connectivity index (χ1v) is 5.86. The third kappa shape index (κ3) is 2.02. The van der Waals surface area contributed by atoms with Crippen LogP contribution in [0, 0.1) is 6.92 Å². The smallest absolute Gasteiger partial charge is 0.274 e. The summed E-state index contributed by atoms with van der Waals surface area (Å²) in [6.45, 7) is 2.98. The van der Waals surface area contributed by atoms with E-state index in [0.717, 1.165) is 0 Å². The molecule has 3 N–H and O–H groups in total. The molecule has 0 radical (unpaired) electrons. The van der Waals surface area contributed by atoms with Gasteiger partial charge in [0.2, 0.25) is 0 Å². The molecule has 0 amide bonds. The summed E-state index contributed by atoms with van der Waals surface area (Å²) in [6.07, 6.45) is 3.50. The predicted octanol–water partition coefficient (Wildman–Crippen LogP) is -0.452. The molecule has 0 spiro atoms. The van der Waals surface area contributed by atoms with Gasteiger partial charge in [-0.2, -0.15) is 9.50 Å². The summed E-state index contributed by atoms with van der Waals surface area (Å²) < 4.78 is 3.16. The molecule has 0 aromatic carbocycles. The van der Waals surface area contributed by atoms with Crippen LogP contribution in [0.5, 0.6) is 0 Å². The third-order valence-electron chi connectivity index (χ3n) is 2.72. The molecule has 3 rings (SSSR count). The molecule has 0 bridgehead atoms. The maximum atomic E-state index is 11.8. The molecule has 0 atom stereocenters. The SMILES string of the molecule is Cc1cc(=O)n2[nH]c(-c3cn(CCN)cn3)nc2n1. The van der Waals surface area contributed by atoms with Crippen molar-refractivity contribution >= 4 is 5.78 Å². The van der Waals surface area contributed by atoms with Gasteiger partial charge < -0.3 is 10.3 Å². The Morgan fingerprint density at radius 3 is 3.05 bits per heavy atom. The van der Waals surface area contributed by atoms with Crippen molar-refractivity contribution in [2.24, 2.45) is 5.73 Å². The first-order chi connectivity index (χ1) is 9.17. The monoisotopic (exact) mass is 259 g/mol. The van der Waals surface area contributed by atoms with Crippen LogP contribution in [0.4, 0.5) is 0 Å². The van der Waals surface area contributed by atoms with E-state index in [1.54, 1.807) is 13.3 Å². The third-order valence-corrected chi connectivity index (χ3v) is 2.72. The molecule has 8 nitrogen and oxygen atoms in total. The van der Waals surface area contributed by atoms with Crippen LogP contribution in [0.2, 0.25) is 0 Å². The Hall–Kier alpha value is -2.48. The molecule has 19 heavy (non-hydrogen) atoms. The van der Waals surface area contributed by atoms with Crippen molar-refractivity contribution in [2.75, 3.05) is 6.54 Å². The van der Waals surface area contributed by atoms with E-state index in [1.807, 2.05) is 10.8 Å². The molecule has 0 aliphatic rings. The van der Waals surface area contributed by atoms with Crippen LogP contribution in [0.25, 0.3) is 17.3 Å². The van der Waals surface area contributed by atoms with E-state index in [2.05, 4.69) is 20.1 Å². The number of H-pyrrole nitrogens is 1. The Labute approximate surface area is 107 Å². The molecule has 98 valence electrons. The number of nitrogens with zero attached hydrogens (tertiary/aromatic N) is 5. The van der Waals surface area contributed by atoms with Crippen molar-refractivity contribution in [3.05, 3.63) is 34.6 Å². The van der Waals surface area contributed by atoms with Crippen molar-refractivity contribution in [2.45, 2.75) is 13.5 Å². The minimum atomic E-state index is -0.192. The number of aryl methyl sites for hydroxylation is 1. The molecular formula is C11H13N7O. The van der Waals surface area contributed by atoms with E-state index in [0.29, 0.717) is 36.1 Å². The van der Waals surface area contributed by atoms with E-state index >= 15 is 0 Å². The van der Waals surface area contributed by atoms with E-state index in [4.69, 9.17) is 5.73 Å². The zero-order valence-electron chi connectivity index (χ0n) is 10.4. The predicted molar refractivity (Wildman–Crippen MR) is 68.6 cm³/mol. The van der Waals surface area contributed by atoms with E-state index in [1.165, 1.54) is 10.6 Å². The number of hydrogen-bond donors (Lipinski definition) is 2. The minimum Gasteiger partial charge on any atom is -0.335 e. The number of nitrogens with two attached hydrogens (primary N) is 1. The van der Waals surface area contributed by atoms with Gasteiger partial charge in [0.1, 0.15) is 5.69 Å². The highest BCUT2D eigenvalue weighted by molar-refractivity contribution is 5.50. The van der Waals surface area contributed by atoms with Gasteiger partial charge in [-0.3, -0.25) is 9.89 Å². The molecular weight excluding hydrogens is 246 g/mol. The maximum absolute atomic E-state index is 11.8. The lowest BCUT2D eigenvalue weighted by Gasteiger charge is -1.94. The molecule has 0 aliphatic carbocycles. The lowest BCUT2D eigenvalue weighted by molar-refractivity contribution is 0.708. The normalized spacial score (nSPS) is 11.3. The topological polar surface area (TPSA) is 107 Å². The molecule has 3 aromatic heterocycles. The number of fused-ring (bicyclic) bond motifs is 1. The highest BCUT2D eigenvalue weighted by Crippen LogP contribution is 2.12. The van der Waals surface area contributed by atoms with Gasteiger partial charge in [0, 0.05) is 31.0 Å². The lowest BCUT2D eigenvalue weighted by atomic mass is 10.4. The zero-order valence-corrected chi connectivity index (χ0v) is 10.4. The summed E-state index contributed by atoms with van der Waals surface area (Å²) in [5.41, 5.74) is 6.57. The van der Waals surface area contributed by atoms with Gasteiger partial charge in [0.15, 0.2) is 5.82 Å². The van der Waals surface area contributed by atoms with Gasteiger partial charge in [-0.15, -0.1) is 0 Å². The average molecular weight is 259 g/mol. The maximum Gasteiger partial charge on any atom is 0.274 e. The Kier molecular flexibility index (Phi) is 2.64.